The average Bonchev–Trinajstić information content (AvgIpc) is 3.44. The van der Waals surface area contributed by atoms with Crippen LogP contribution in [0.1, 0.15) is 41.4 Å². The minimum absolute atomic E-state index is 0.148. The Kier molecular flexibility index (Phi) is 6.40. The van der Waals surface area contributed by atoms with Gasteiger partial charge in [0.15, 0.2) is 0 Å². The van der Waals surface area contributed by atoms with Gasteiger partial charge in [-0.3, -0.25) is 4.79 Å². The SMILES string of the molecule is CCCCn1c(Cc2ccc(-c3ccccc3-c3nn[nH]n3)cc2)c(C(=O)O)c2ccccc2c1=O. The Bertz CT molecular complexity index is 1590. The number of benzene rings is 3. The molecule has 5 rings (SSSR count). The summed E-state index contributed by atoms with van der Waals surface area (Å²) in [4.78, 5) is 25.8. The summed E-state index contributed by atoms with van der Waals surface area (Å²) >= 11 is 0. The molecule has 8 heteroatoms. The molecular formula is C28H25N5O3. The summed E-state index contributed by atoms with van der Waals surface area (Å²) in [7, 11) is 0. The number of nitrogens with zero attached hydrogens (tertiary/aromatic N) is 4. The lowest BCUT2D eigenvalue weighted by atomic mass is 9.95. The molecule has 0 radical (unpaired) electrons. The lowest BCUT2D eigenvalue weighted by Crippen LogP contribution is -2.27. The number of hydrogen-bond acceptors (Lipinski definition) is 5. The van der Waals surface area contributed by atoms with E-state index in [1.165, 1.54) is 0 Å². The molecule has 0 saturated carbocycles. The van der Waals surface area contributed by atoms with Gasteiger partial charge in [0.05, 0.1) is 5.56 Å². The van der Waals surface area contributed by atoms with E-state index in [2.05, 4.69) is 27.5 Å². The smallest absolute Gasteiger partial charge is 0.338 e. The second-order valence-electron chi connectivity index (χ2n) is 8.64. The summed E-state index contributed by atoms with van der Waals surface area (Å²) in [6, 6.07) is 22.7. The van der Waals surface area contributed by atoms with Gasteiger partial charge in [0.1, 0.15) is 0 Å². The maximum absolute atomic E-state index is 13.4. The predicted octanol–water partition coefficient (Wildman–Crippen LogP) is 4.94. The summed E-state index contributed by atoms with van der Waals surface area (Å²) in [6.45, 7) is 2.53. The molecule has 0 fully saturated rings. The van der Waals surface area contributed by atoms with Crippen molar-refractivity contribution >= 4 is 16.7 Å². The number of carbonyl (C=O) groups is 1. The maximum atomic E-state index is 13.4. The zero-order chi connectivity index (χ0) is 25.1. The van der Waals surface area contributed by atoms with E-state index in [-0.39, 0.29) is 11.1 Å². The average molecular weight is 480 g/mol. The third-order valence-electron chi connectivity index (χ3n) is 6.39. The van der Waals surface area contributed by atoms with Crippen LogP contribution in [0.5, 0.6) is 0 Å². The van der Waals surface area contributed by atoms with E-state index in [0.717, 1.165) is 35.1 Å². The Morgan fingerprint density at radius 3 is 2.31 bits per heavy atom. The number of aromatic carboxylic acids is 1. The molecule has 0 aliphatic carbocycles. The monoisotopic (exact) mass is 479 g/mol. The topological polar surface area (TPSA) is 114 Å². The predicted molar refractivity (Wildman–Crippen MR) is 138 cm³/mol. The summed E-state index contributed by atoms with van der Waals surface area (Å²) < 4.78 is 1.65. The first-order chi connectivity index (χ1) is 17.6. The van der Waals surface area contributed by atoms with Crippen LogP contribution in [0.3, 0.4) is 0 Å². The molecule has 0 bridgehead atoms. The van der Waals surface area contributed by atoms with Gasteiger partial charge in [-0.05, 0) is 34.4 Å². The molecule has 8 nitrogen and oxygen atoms in total. The zero-order valence-corrected chi connectivity index (χ0v) is 19.8. The van der Waals surface area contributed by atoms with E-state index in [4.69, 9.17) is 0 Å². The van der Waals surface area contributed by atoms with E-state index in [1.807, 2.05) is 48.5 Å². The fourth-order valence-corrected chi connectivity index (χ4v) is 4.62. The third kappa shape index (κ3) is 4.29. The molecule has 2 aromatic heterocycles. The minimum Gasteiger partial charge on any atom is -0.478 e. The molecule has 0 unspecified atom stereocenters. The fraction of sp³-hybridized carbons (Fsp3) is 0.179. The highest BCUT2D eigenvalue weighted by Gasteiger charge is 2.21. The normalized spacial score (nSPS) is 11.1. The van der Waals surface area contributed by atoms with E-state index < -0.39 is 5.97 Å². The molecule has 5 aromatic rings. The van der Waals surface area contributed by atoms with Crippen molar-refractivity contribution in [2.24, 2.45) is 0 Å². The molecule has 0 atom stereocenters. The molecule has 180 valence electrons. The molecular weight excluding hydrogens is 454 g/mol. The van der Waals surface area contributed by atoms with Gasteiger partial charge in [-0.25, -0.2) is 4.79 Å². The van der Waals surface area contributed by atoms with Gasteiger partial charge in [-0.1, -0.05) is 80.1 Å². The Morgan fingerprint density at radius 2 is 1.64 bits per heavy atom. The van der Waals surface area contributed by atoms with Crippen LogP contribution < -0.4 is 5.56 Å². The Morgan fingerprint density at radius 1 is 0.944 bits per heavy atom. The van der Waals surface area contributed by atoms with E-state index >= 15 is 0 Å². The van der Waals surface area contributed by atoms with Gasteiger partial charge in [-0.2, -0.15) is 5.21 Å². The largest absolute Gasteiger partial charge is 0.478 e. The quantitative estimate of drug-likeness (QED) is 0.326. The number of rotatable bonds is 8. The number of unbranched alkanes of at least 4 members (excludes halogenated alkanes) is 1. The van der Waals surface area contributed by atoms with E-state index in [0.29, 0.717) is 35.3 Å². The molecule has 0 saturated heterocycles. The van der Waals surface area contributed by atoms with Gasteiger partial charge < -0.3 is 9.67 Å². The summed E-state index contributed by atoms with van der Waals surface area (Å²) in [6.07, 6.45) is 2.02. The van der Waals surface area contributed by atoms with Crippen LogP contribution in [0.25, 0.3) is 33.3 Å². The first kappa shape index (κ1) is 23.2. The molecule has 36 heavy (non-hydrogen) atoms. The second-order valence-corrected chi connectivity index (χ2v) is 8.64. The number of carboxylic acid groups (broad SMARTS) is 1. The summed E-state index contributed by atoms with van der Waals surface area (Å²) in [5.41, 5.74) is 4.27. The Hall–Kier alpha value is -4.59. The molecule has 0 aliphatic heterocycles. The number of hydrogen-bond donors (Lipinski definition) is 2. The van der Waals surface area contributed by atoms with Crippen molar-refractivity contribution in [3.63, 3.8) is 0 Å². The highest BCUT2D eigenvalue weighted by atomic mass is 16.4. The van der Waals surface area contributed by atoms with Crippen molar-refractivity contribution in [3.8, 4) is 22.5 Å². The number of H-pyrrole nitrogens is 1. The van der Waals surface area contributed by atoms with Gasteiger partial charge in [-0.15, -0.1) is 10.2 Å². The molecule has 0 spiro atoms. The highest BCUT2D eigenvalue weighted by molar-refractivity contribution is 6.04. The van der Waals surface area contributed by atoms with Gasteiger partial charge in [0, 0.05) is 35.0 Å². The third-order valence-corrected chi connectivity index (χ3v) is 6.39. The number of fused-ring (bicyclic) bond motifs is 1. The number of aromatic amines is 1. The first-order valence-electron chi connectivity index (χ1n) is 11.9. The fourth-order valence-electron chi connectivity index (χ4n) is 4.62. The van der Waals surface area contributed by atoms with Crippen molar-refractivity contribution in [1.29, 1.82) is 0 Å². The van der Waals surface area contributed by atoms with Crippen LogP contribution >= 0.6 is 0 Å². The first-order valence-corrected chi connectivity index (χ1v) is 11.9. The lowest BCUT2D eigenvalue weighted by Gasteiger charge is -2.18. The highest BCUT2D eigenvalue weighted by Crippen LogP contribution is 2.30. The van der Waals surface area contributed by atoms with Crippen molar-refractivity contribution in [2.45, 2.75) is 32.7 Å². The zero-order valence-electron chi connectivity index (χ0n) is 19.8. The van der Waals surface area contributed by atoms with Crippen LogP contribution in [-0.4, -0.2) is 36.3 Å². The summed E-state index contributed by atoms with van der Waals surface area (Å²) in [5.74, 6) is -0.519. The molecule has 2 heterocycles. The maximum Gasteiger partial charge on any atom is 0.338 e. The van der Waals surface area contributed by atoms with Gasteiger partial charge >= 0.3 is 5.97 Å². The molecule has 0 aliphatic rings. The van der Waals surface area contributed by atoms with Crippen molar-refractivity contribution in [2.75, 3.05) is 0 Å². The van der Waals surface area contributed by atoms with Crippen LogP contribution in [0.2, 0.25) is 0 Å². The summed E-state index contributed by atoms with van der Waals surface area (Å²) in [5, 5.41) is 25.4. The van der Waals surface area contributed by atoms with Crippen molar-refractivity contribution < 1.29 is 9.90 Å². The van der Waals surface area contributed by atoms with Crippen LogP contribution in [-0.2, 0) is 13.0 Å². The van der Waals surface area contributed by atoms with E-state index in [9.17, 15) is 14.7 Å². The molecule has 0 amide bonds. The minimum atomic E-state index is -1.03. The number of pyridine rings is 1. The van der Waals surface area contributed by atoms with Gasteiger partial charge in [0.25, 0.3) is 5.56 Å². The standard InChI is InChI=1S/C28H25N5O3/c1-2-3-16-33-24(25(28(35)36)21-9-5-7-11-23(21)27(33)34)17-18-12-14-19(15-13-18)20-8-4-6-10-22(20)26-29-31-32-30-26/h4-15H,2-3,16-17H2,1H3,(H,35,36)(H,29,30,31,32). The van der Waals surface area contributed by atoms with Crippen LogP contribution in [0.4, 0.5) is 0 Å². The van der Waals surface area contributed by atoms with Gasteiger partial charge in [0.2, 0.25) is 5.82 Å². The Balaban J connectivity index is 1.58. The molecule has 2 N–H and O–H groups in total. The number of nitrogens with one attached hydrogen (secondary N) is 1. The van der Waals surface area contributed by atoms with E-state index in [1.54, 1.807) is 28.8 Å². The van der Waals surface area contributed by atoms with Crippen LogP contribution in [0, 0.1) is 0 Å². The number of carboxylic acids is 1. The van der Waals surface area contributed by atoms with Crippen LogP contribution in [0.15, 0.2) is 77.6 Å². The molecule has 3 aromatic carbocycles. The lowest BCUT2D eigenvalue weighted by molar-refractivity contribution is 0.0696. The van der Waals surface area contributed by atoms with Crippen molar-refractivity contribution in [3.05, 3.63) is 100.0 Å². The Labute approximate surface area is 207 Å². The second kappa shape index (κ2) is 9.95. The number of tetrazole rings is 1. The number of aromatic nitrogens is 5. The van der Waals surface area contributed by atoms with Crippen molar-refractivity contribution in [1.82, 2.24) is 25.2 Å².